The maximum atomic E-state index is 11.8. The third-order valence-corrected chi connectivity index (χ3v) is 4.02. The minimum atomic E-state index is -0.974. The number of allylic oxidation sites excluding steroid dienone is 1. The first kappa shape index (κ1) is 17.5. The van der Waals surface area contributed by atoms with Crippen LogP contribution in [0.25, 0.3) is 0 Å². The Hall–Kier alpha value is -1.52. The maximum absolute atomic E-state index is 11.8. The number of alkyl carbamates (subject to hydrolysis) is 1. The van der Waals surface area contributed by atoms with Crippen molar-refractivity contribution in [2.24, 2.45) is 11.8 Å². The Labute approximate surface area is 126 Å². The van der Waals surface area contributed by atoms with Crippen molar-refractivity contribution in [1.29, 1.82) is 0 Å². The van der Waals surface area contributed by atoms with Crippen molar-refractivity contribution in [2.75, 3.05) is 6.61 Å². The van der Waals surface area contributed by atoms with E-state index >= 15 is 0 Å². The summed E-state index contributed by atoms with van der Waals surface area (Å²) < 4.78 is 5.12. The fraction of sp³-hybridized carbons (Fsp3) is 0.750. The lowest BCUT2D eigenvalue weighted by Crippen LogP contribution is -2.47. The molecular formula is C16H27NO4. The molecule has 0 aromatic heterocycles. The van der Waals surface area contributed by atoms with Gasteiger partial charge in [-0.3, -0.25) is 0 Å². The first-order valence-electron chi connectivity index (χ1n) is 7.81. The quantitative estimate of drug-likeness (QED) is 0.674. The van der Waals surface area contributed by atoms with Gasteiger partial charge >= 0.3 is 12.1 Å². The second-order valence-electron chi connectivity index (χ2n) is 5.93. The fourth-order valence-corrected chi connectivity index (χ4v) is 2.72. The monoisotopic (exact) mass is 297 g/mol. The van der Waals surface area contributed by atoms with Gasteiger partial charge in [0.2, 0.25) is 0 Å². The summed E-state index contributed by atoms with van der Waals surface area (Å²) in [6.45, 7) is 5.95. The summed E-state index contributed by atoms with van der Waals surface area (Å²) in [6.07, 6.45) is 7.91. The van der Waals surface area contributed by atoms with E-state index in [1.54, 1.807) is 0 Å². The van der Waals surface area contributed by atoms with Crippen molar-refractivity contribution >= 4 is 12.1 Å². The Morgan fingerprint density at radius 3 is 2.62 bits per heavy atom. The normalized spacial score (nSPS) is 18.5. The minimum absolute atomic E-state index is 0.0157. The first-order valence-corrected chi connectivity index (χ1v) is 7.81. The lowest BCUT2D eigenvalue weighted by Gasteiger charge is -2.27. The van der Waals surface area contributed by atoms with Crippen molar-refractivity contribution in [3.8, 4) is 0 Å². The van der Waals surface area contributed by atoms with E-state index in [1.807, 2.05) is 13.0 Å². The van der Waals surface area contributed by atoms with E-state index in [-0.39, 0.29) is 11.8 Å². The molecule has 2 atom stereocenters. The van der Waals surface area contributed by atoms with Gasteiger partial charge in [-0.2, -0.15) is 0 Å². The molecule has 0 heterocycles. The zero-order valence-electron chi connectivity index (χ0n) is 12.8. The van der Waals surface area contributed by atoms with Crippen LogP contribution >= 0.6 is 0 Å². The highest BCUT2D eigenvalue weighted by atomic mass is 16.5. The van der Waals surface area contributed by atoms with Crippen molar-refractivity contribution in [1.82, 2.24) is 5.32 Å². The molecule has 2 N–H and O–H groups in total. The van der Waals surface area contributed by atoms with Crippen LogP contribution in [0.5, 0.6) is 0 Å². The van der Waals surface area contributed by atoms with Crippen LogP contribution < -0.4 is 5.32 Å². The lowest BCUT2D eigenvalue weighted by atomic mass is 9.84. The number of aliphatic carboxylic acids is 1. The summed E-state index contributed by atoms with van der Waals surface area (Å²) >= 11 is 0. The van der Waals surface area contributed by atoms with Gasteiger partial charge in [0.15, 0.2) is 0 Å². The molecule has 1 fully saturated rings. The Morgan fingerprint density at radius 1 is 1.38 bits per heavy atom. The number of carbonyl (C=O) groups excluding carboxylic acids is 1. The van der Waals surface area contributed by atoms with Crippen LogP contribution in [0.3, 0.4) is 0 Å². The van der Waals surface area contributed by atoms with Gasteiger partial charge in [0.25, 0.3) is 0 Å². The molecule has 0 spiro atoms. The number of hydrogen-bond acceptors (Lipinski definition) is 3. The highest BCUT2D eigenvalue weighted by Crippen LogP contribution is 2.26. The Morgan fingerprint density at radius 2 is 2.05 bits per heavy atom. The number of hydrogen-bond donors (Lipinski definition) is 2. The minimum Gasteiger partial charge on any atom is -0.480 e. The number of rotatable bonds is 8. The summed E-state index contributed by atoms with van der Waals surface area (Å²) in [5.74, 6) is -0.716. The van der Waals surface area contributed by atoms with Gasteiger partial charge in [-0.05, 0) is 37.5 Å². The lowest BCUT2D eigenvalue weighted by molar-refractivity contribution is -0.141. The molecule has 5 heteroatoms. The second-order valence-corrected chi connectivity index (χ2v) is 5.93. The molecule has 0 radical (unpaired) electrons. The van der Waals surface area contributed by atoms with E-state index in [0.29, 0.717) is 6.61 Å². The Balaban J connectivity index is 2.38. The van der Waals surface area contributed by atoms with Crippen molar-refractivity contribution in [2.45, 2.75) is 57.9 Å². The molecule has 5 nitrogen and oxygen atoms in total. The van der Waals surface area contributed by atoms with Crippen LogP contribution in [0.1, 0.15) is 51.9 Å². The molecule has 0 bridgehead atoms. The van der Waals surface area contributed by atoms with E-state index in [0.717, 1.165) is 44.9 Å². The van der Waals surface area contributed by atoms with Gasteiger partial charge < -0.3 is 15.2 Å². The standard InChI is InChI=1S/C16H27NO4/c1-3-4-8-12(2)11-21-16(20)17-14(15(18)19)13-9-6-5-7-10-13/h3,12-14H,1,4-11H2,2H3,(H,17,20)(H,18,19)/t12-,14+/m1/s1. The summed E-state index contributed by atoms with van der Waals surface area (Å²) in [7, 11) is 0. The summed E-state index contributed by atoms with van der Waals surface area (Å²) in [5.41, 5.74) is 0. The van der Waals surface area contributed by atoms with Gasteiger partial charge in [-0.1, -0.05) is 32.3 Å². The van der Waals surface area contributed by atoms with Gasteiger partial charge in [-0.25, -0.2) is 9.59 Å². The first-order chi connectivity index (χ1) is 10.0. The van der Waals surface area contributed by atoms with Crippen molar-refractivity contribution in [3.05, 3.63) is 12.7 Å². The van der Waals surface area contributed by atoms with Crippen LogP contribution in [0.4, 0.5) is 4.79 Å². The molecule has 1 aliphatic rings. The van der Waals surface area contributed by atoms with E-state index in [9.17, 15) is 14.7 Å². The summed E-state index contributed by atoms with van der Waals surface area (Å²) in [4.78, 5) is 23.1. The third-order valence-electron chi connectivity index (χ3n) is 4.02. The molecule has 0 unspecified atom stereocenters. The van der Waals surface area contributed by atoms with Crippen molar-refractivity contribution < 1.29 is 19.4 Å². The average Bonchev–Trinajstić information content (AvgIpc) is 2.49. The Kier molecular flexibility index (Phi) is 7.87. The van der Waals surface area contributed by atoms with Gasteiger partial charge in [-0.15, -0.1) is 6.58 Å². The molecule has 1 aliphatic carbocycles. The summed E-state index contributed by atoms with van der Waals surface area (Å²) in [5, 5.41) is 11.8. The van der Waals surface area contributed by atoms with Crippen LogP contribution in [-0.2, 0) is 9.53 Å². The topological polar surface area (TPSA) is 75.6 Å². The van der Waals surface area contributed by atoms with E-state index in [2.05, 4.69) is 11.9 Å². The van der Waals surface area contributed by atoms with Gasteiger partial charge in [0.1, 0.15) is 6.04 Å². The van der Waals surface area contributed by atoms with Gasteiger partial charge in [0.05, 0.1) is 6.61 Å². The van der Waals surface area contributed by atoms with Gasteiger partial charge in [0, 0.05) is 0 Å². The molecule has 0 aromatic carbocycles. The van der Waals surface area contributed by atoms with E-state index in [1.165, 1.54) is 0 Å². The van der Waals surface area contributed by atoms with E-state index < -0.39 is 18.1 Å². The van der Waals surface area contributed by atoms with Crippen LogP contribution in [0, 0.1) is 11.8 Å². The van der Waals surface area contributed by atoms with Crippen LogP contribution in [0.15, 0.2) is 12.7 Å². The predicted molar refractivity (Wildman–Crippen MR) is 81.1 cm³/mol. The fourth-order valence-electron chi connectivity index (χ4n) is 2.72. The predicted octanol–water partition coefficient (Wildman–Crippen LogP) is 3.35. The number of carboxylic acid groups (broad SMARTS) is 1. The molecule has 1 saturated carbocycles. The molecule has 0 aromatic rings. The largest absolute Gasteiger partial charge is 0.480 e. The molecule has 0 saturated heterocycles. The highest BCUT2D eigenvalue weighted by Gasteiger charge is 2.31. The molecule has 1 amide bonds. The zero-order chi connectivity index (χ0) is 15.7. The second kappa shape index (κ2) is 9.42. The number of carboxylic acids is 1. The van der Waals surface area contributed by atoms with Crippen LogP contribution in [0.2, 0.25) is 0 Å². The summed E-state index contributed by atoms with van der Waals surface area (Å²) in [6, 6.07) is -0.832. The number of amides is 1. The number of ether oxygens (including phenoxy) is 1. The molecule has 0 aliphatic heterocycles. The smallest absolute Gasteiger partial charge is 0.407 e. The molecule has 120 valence electrons. The SMILES string of the molecule is C=CCC[C@@H](C)COC(=O)N[C@H](C(=O)O)C1CCCCC1. The average molecular weight is 297 g/mol. The molecule has 21 heavy (non-hydrogen) atoms. The number of nitrogens with one attached hydrogen (secondary N) is 1. The molecular weight excluding hydrogens is 270 g/mol. The highest BCUT2D eigenvalue weighted by molar-refractivity contribution is 5.80. The Bertz CT molecular complexity index is 350. The van der Waals surface area contributed by atoms with Crippen LogP contribution in [-0.4, -0.2) is 29.8 Å². The zero-order valence-corrected chi connectivity index (χ0v) is 12.8. The van der Waals surface area contributed by atoms with Crippen molar-refractivity contribution in [3.63, 3.8) is 0 Å². The molecule has 1 rings (SSSR count). The number of carbonyl (C=O) groups is 2. The third kappa shape index (κ3) is 6.65. The van der Waals surface area contributed by atoms with E-state index in [4.69, 9.17) is 4.74 Å². The maximum Gasteiger partial charge on any atom is 0.407 e.